The van der Waals surface area contributed by atoms with Crippen molar-refractivity contribution in [1.29, 1.82) is 0 Å². The second kappa shape index (κ2) is 9.46. The van der Waals surface area contributed by atoms with Gasteiger partial charge in [0.25, 0.3) is 0 Å². The van der Waals surface area contributed by atoms with Crippen molar-refractivity contribution in [3.05, 3.63) is 71.8 Å². The van der Waals surface area contributed by atoms with Crippen molar-refractivity contribution in [3.63, 3.8) is 0 Å². The summed E-state index contributed by atoms with van der Waals surface area (Å²) in [5.41, 5.74) is 1.96. The van der Waals surface area contributed by atoms with Gasteiger partial charge in [0, 0.05) is 38.8 Å². The normalized spacial score (nSPS) is 17.7. The van der Waals surface area contributed by atoms with E-state index in [0.717, 1.165) is 43.9 Å². The number of rotatable bonds is 8. The summed E-state index contributed by atoms with van der Waals surface area (Å²) in [4.78, 5) is 4.82. The predicted octanol–water partition coefficient (Wildman–Crippen LogP) is 2.48. The summed E-state index contributed by atoms with van der Waals surface area (Å²) in [7, 11) is -3.38. The Hall–Kier alpha value is -1.73. The molecule has 0 amide bonds. The number of benzene rings is 2. The van der Waals surface area contributed by atoms with Gasteiger partial charge in [-0.1, -0.05) is 67.6 Å². The molecule has 0 saturated carbocycles. The van der Waals surface area contributed by atoms with Crippen LogP contribution in [0.5, 0.6) is 0 Å². The third kappa shape index (κ3) is 5.87. The maximum absolute atomic E-state index is 12.6. The van der Waals surface area contributed by atoms with Crippen LogP contribution in [0, 0.1) is 0 Å². The van der Waals surface area contributed by atoms with Crippen LogP contribution < -0.4 is 4.72 Å². The van der Waals surface area contributed by atoms with Gasteiger partial charge in [0.2, 0.25) is 10.0 Å². The number of piperazine rings is 1. The van der Waals surface area contributed by atoms with Crippen LogP contribution in [0.4, 0.5) is 0 Å². The Morgan fingerprint density at radius 1 is 0.926 bits per heavy atom. The van der Waals surface area contributed by atoms with Crippen molar-refractivity contribution >= 4 is 10.0 Å². The van der Waals surface area contributed by atoms with Crippen molar-refractivity contribution in [3.8, 4) is 0 Å². The lowest BCUT2D eigenvalue weighted by Crippen LogP contribution is -2.49. The van der Waals surface area contributed by atoms with Gasteiger partial charge in [0.05, 0.1) is 5.75 Å². The van der Waals surface area contributed by atoms with Gasteiger partial charge in [0.15, 0.2) is 0 Å². The summed E-state index contributed by atoms with van der Waals surface area (Å²) in [6.07, 6.45) is 0. The summed E-state index contributed by atoms with van der Waals surface area (Å²) < 4.78 is 28.0. The monoisotopic (exact) mass is 387 g/mol. The maximum Gasteiger partial charge on any atom is 0.215 e. The van der Waals surface area contributed by atoms with Gasteiger partial charge in [-0.25, -0.2) is 13.1 Å². The lowest BCUT2D eigenvalue weighted by molar-refractivity contribution is 0.100. The number of sulfonamides is 1. The van der Waals surface area contributed by atoms with Gasteiger partial charge in [0.1, 0.15) is 0 Å². The number of hydrogen-bond donors (Lipinski definition) is 1. The number of likely N-dealkylation sites (N-methyl/N-ethyl adjacent to an activating group) is 1. The zero-order valence-electron chi connectivity index (χ0n) is 15.9. The highest BCUT2D eigenvalue weighted by molar-refractivity contribution is 7.88. The third-order valence-electron chi connectivity index (χ3n) is 5.18. The topological polar surface area (TPSA) is 52.6 Å². The van der Waals surface area contributed by atoms with Crippen molar-refractivity contribution < 1.29 is 8.42 Å². The molecule has 1 fully saturated rings. The van der Waals surface area contributed by atoms with E-state index >= 15 is 0 Å². The van der Waals surface area contributed by atoms with Gasteiger partial charge in [-0.2, -0.15) is 0 Å². The van der Waals surface area contributed by atoms with Crippen molar-refractivity contribution in [1.82, 2.24) is 14.5 Å². The average Bonchev–Trinajstić information content (AvgIpc) is 2.70. The SMILES string of the molecule is CCN1CCN(C(CNS(=O)(=O)Cc2ccccc2)c2ccccc2)CC1. The van der Waals surface area contributed by atoms with E-state index in [9.17, 15) is 8.42 Å². The molecule has 1 saturated heterocycles. The van der Waals surface area contributed by atoms with Crippen LogP contribution in [0.2, 0.25) is 0 Å². The van der Waals surface area contributed by atoms with E-state index in [-0.39, 0.29) is 11.8 Å². The fourth-order valence-corrected chi connectivity index (χ4v) is 4.72. The van der Waals surface area contributed by atoms with Gasteiger partial charge >= 0.3 is 0 Å². The zero-order chi connectivity index (χ0) is 19.1. The zero-order valence-corrected chi connectivity index (χ0v) is 16.7. The first-order valence-electron chi connectivity index (χ1n) is 9.60. The van der Waals surface area contributed by atoms with Crippen LogP contribution in [0.25, 0.3) is 0 Å². The highest BCUT2D eigenvalue weighted by Crippen LogP contribution is 2.22. The molecule has 1 aliphatic heterocycles. The Morgan fingerprint density at radius 3 is 2.11 bits per heavy atom. The number of hydrogen-bond acceptors (Lipinski definition) is 4. The minimum atomic E-state index is -3.38. The minimum absolute atomic E-state index is 0.0129. The molecule has 0 radical (unpaired) electrons. The highest BCUT2D eigenvalue weighted by Gasteiger charge is 2.26. The molecule has 2 aromatic carbocycles. The molecule has 3 rings (SSSR count). The van der Waals surface area contributed by atoms with Crippen LogP contribution in [0.3, 0.4) is 0 Å². The van der Waals surface area contributed by atoms with E-state index in [1.807, 2.05) is 48.5 Å². The Balaban J connectivity index is 1.68. The molecule has 5 nitrogen and oxygen atoms in total. The first-order chi connectivity index (χ1) is 13.1. The largest absolute Gasteiger partial charge is 0.301 e. The van der Waals surface area contributed by atoms with Crippen molar-refractivity contribution in [2.75, 3.05) is 39.3 Å². The molecule has 1 N–H and O–H groups in total. The number of nitrogens with zero attached hydrogens (tertiary/aromatic N) is 2. The molecule has 27 heavy (non-hydrogen) atoms. The molecular formula is C21H29N3O2S. The lowest BCUT2D eigenvalue weighted by atomic mass is 10.0. The van der Waals surface area contributed by atoms with Crippen LogP contribution >= 0.6 is 0 Å². The fraction of sp³-hybridized carbons (Fsp3) is 0.429. The molecule has 2 aromatic rings. The first-order valence-corrected chi connectivity index (χ1v) is 11.3. The van der Waals surface area contributed by atoms with E-state index in [1.54, 1.807) is 0 Å². The Labute approximate surface area is 163 Å². The first kappa shape index (κ1) is 20.0. The van der Waals surface area contributed by atoms with Crippen LogP contribution in [0.1, 0.15) is 24.1 Å². The second-order valence-corrected chi connectivity index (χ2v) is 8.80. The molecule has 1 atom stereocenters. The Bertz CT molecular complexity index is 789. The molecule has 0 bridgehead atoms. The van der Waals surface area contributed by atoms with Gasteiger partial charge in [-0.3, -0.25) is 4.90 Å². The summed E-state index contributed by atoms with van der Waals surface area (Å²) in [5, 5.41) is 0. The van der Waals surface area contributed by atoms with E-state index in [2.05, 4.69) is 33.6 Å². The maximum atomic E-state index is 12.6. The van der Waals surface area contributed by atoms with Crippen LogP contribution in [0.15, 0.2) is 60.7 Å². The predicted molar refractivity (Wildman–Crippen MR) is 110 cm³/mol. The average molecular weight is 388 g/mol. The number of nitrogens with one attached hydrogen (secondary N) is 1. The van der Waals surface area contributed by atoms with Crippen molar-refractivity contribution in [2.45, 2.75) is 18.7 Å². The molecule has 1 aliphatic rings. The van der Waals surface area contributed by atoms with E-state index < -0.39 is 10.0 Å². The molecule has 0 aliphatic carbocycles. The summed E-state index contributed by atoms with van der Waals surface area (Å²) in [6.45, 7) is 7.59. The standard InChI is InChI=1S/C21H29N3O2S/c1-2-23-13-15-24(16-14-23)21(20-11-7-4-8-12-20)17-22-27(25,26)18-19-9-5-3-6-10-19/h3-12,21-22H,2,13-18H2,1H3. The molecule has 1 unspecified atom stereocenters. The molecule has 0 spiro atoms. The molecule has 1 heterocycles. The molecule has 6 heteroatoms. The minimum Gasteiger partial charge on any atom is -0.301 e. The third-order valence-corrected chi connectivity index (χ3v) is 6.50. The van der Waals surface area contributed by atoms with Gasteiger partial charge in [-0.05, 0) is 17.7 Å². The lowest BCUT2D eigenvalue weighted by Gasteiger charge is -2.39. The quantitative estimate of drug-likeness (QED) is 0.756. The van der Waals surface area contributed by atoms with E-state index in [0.29, 0.717) is 6.54 Å². The van der Waals surface area contributed by atoms with E-state index in [1.165, 1.54) is 0 Å². The van der Waals surface area contributed by atoms with Gasteiger partial charge in [-0.15, -0.1) is 0 Å². The van der Waals surface area contributed by atoms with Crippen molar-refractivity contribution in [2.24, 2.45) is 0 Å². The summed E-state index contributed by atoms with van der Waals surface area (Å²) in [6, 6.07) is 19.6. The second-order valence-electron chi connectivity index (χ2n) is 6.99. The summed E-state index contributed by atoms with van der Waals surface area (Å²) >= 11 is 0. The summed E-state index contributed by atoms with van der Waals surface area (Å²) in [5.74, 6) is 0.0129. The van der Waals surface area contributed by atoms with Crippen LogP contribution in [-0.2, 0) is 15.8 Å². The van der Waals surface area contributed by atoms with Gasteiger partial charge < -0.3 is 4.90 Å². The molecule has 146 valence electrons. The smallest absolute Gasteiger partial charge is 0.215 e. The molecular weight excluding hydrogens is 358 g/mol. The fourth-order valence-electron chi connectivity index (χ4n) is 3.57. The Kier molecular flexibility index (Phi) is 7.01. The van der Waals surface area contributed by atoms with Crippen LogP contribution in [-0.4, -0.2) is 57.5 Å². The molecule has 0 aromatic heterocycles. The highest BCUT2D eigenvalue weighted by atomic mass is 32.2. The Morgan fingerprint density at radius 2 is 1.52 bits per heavy atom. The van der Waals surface area contributed by atoms with E-state index in [4.69, 9.17) is 0 Å².